The average molecular weight is 384 g/mol. The maximum absolute atomic E-state index is 12.6. The van der Waals surface area contributed by atoms with E-state index in [9.17, 15) is 14.9 Å². The van der Waals surface area contributed by atoms with Crippen LogP contribution in [0.4, 0.5) is 11.4 Å². The van der Waals surface area contributed by atoms with Crippen molar-refractivity contribution in [3.8, 4) is 11.5 Å². The fraction of sp³-hybridized carbons (Fsp3) is 0.167. The number of nitro benzene ring substituents is 1. The van der Waals surface area contributed by atoms with Crippen LogP contribution in [0, 0.1) is 10.1 Å². The highest BCUT2D eigenvalue weighted by molar-refractivity contribution is 8.00. The molecule has 1 amide bonds. The summed E-state index contributed by atoms with van der Waals surface area (Å²) in [4.78, 5) is 24.5. The number of anilines is 1. The first-order chi connectivity index (χ1) is 13.0. The molecule has 3 rings (SSSR count). The zero-order valence-electron chi connectivity index (χ0n) is 14.6. The highest BCUT2D eigenvalue weighted by Gasteiger charge is 2.23. The summed E-state index contributed by atoms with van der Waals surface area (Å²) in [7, 11) is 1.71. The summed E-state index contributed by atoms with van der Waals surface area (Å²) in [5, 5.41) is 18.5. The number of hydrogen-bond acceptors (Lipinski definition) is 7. The summed E-state index contributed by atoms with van der Waals surface area (Å²) in [6.45, 7) is 1.75. The first kappa shape index (κ1) is 18.6. The molecule has 3 aromatic rings. The molecular weight excluding hydrogens is 368 g/mol. The largest absolute Gasteiger partial charge is 0.411 e. The second-order valence-corrected chi connectivity index (χ2v) is 6.97. The molecule has 1 atom stereocenters. The Labute approximate surface area is 159 Å². The Hall–Kier alpha value is -3.20. The smallest absolute Gasteiger partial charge is 0.277 e. The molecular formula is C18H16N4O4S. The molecule has 0 unspecified atom stereocenters. The molecule has 0 bridgehead atoms. The Morgan fingerprint density at radius 2 is 1.93 bits per heavy atom. The number of thioether (sulfide) groups is 1. The van der Waals surface area contributed by atoms with E-state index in [0.29, 0.717) is 5.56 Å². The van der Waals surface area contributed by atoms with E-state index < -0.39 is 10.2 Å². The molecule has 0 saturated heterocycles. The van der Waals surface area contributed by atoms with Crippen molar-refractivity contribution in [1.82, 2.24) is 10.2 Å². The van der Waals surface area contributed by atoms with Gasteiger partial charge in [0.2, 0.25) is 11.8 Å². The molecule has 0 aliphatic heterocycles. The molecule has 0 N–H and O–H groups in total. The average Bonchev–Trinajstić information content (AvgIpc) is 3.16. The van der Waals surface area contributed by atoms with Gasteiger partial charge in [-0.25, -0.2) is 0 Å². The number of nitro groups is 1. The van der Waals surface area contributed by atoms with Crippen LogP contribution in [0.1, 0.15) is 6.92 Å². The number of benzene rings is 2. The molecule has 9 heteroatoms. The van der Waals surface area contributed by atoms with Gasteiger partial charge in [0.15, 0.2) is 0 Å². The first-order valence-corrected chi connectivity index (χ1v) is 8.91. The summed E-state index contributed by atoms with van der Waals surface area (Å²) < 4.78 is 5.56. The predicted molar refractivity (Wildman–Crippen MR) is 102 cm³/mol. The third-order valence-corrected chi connectivity index (χ3v) is 4.73. The molecule has 27 heavy (non-hydrogen) atoms. The number of carbonyl (C=O) groups is 1. The van der Waals surface area contributed by atoms with Gasteiger partial charge in [0.25, 0.3) is 10.9 Å². The summed E-state index contributed by atoms with van der Waals surface area (Å²) in [6, 6.07) is 15.2. The van der Waals surface area contributed by atoms with Crippen LogP contribution in [-0.4, -0.2) is 33.3 Å². The van der Waals surface area contributed by atoms with Gasteiger partial charge in [-0.3, -0.25) is 14.9 Å². The molecule has 0 aliphatic carbocycles. The van der Waals surface area contributed by atoms with Crippen molar-refractivity contribution in [2.75, 3.05) is 11.9 Å². The number of amides is 1. The molecule has 0 spiro atoms. The van der Waals surface area contributed by atoms with Gasteiger partial charge in [0.05, 0.1) is 10.2 Å². The Kier molecular flexibility index (Phi) is 5.51. The number of hydrogen-bond donors (Lipinski definition) is 0. The van der Waals surface area contributed by atoms with Crippen molar-refractivity contribution >= 4 is 29.0 Å². The van der Waals surface area contributed by atoms with Crippen molar-refractivity contribution in [2.45, 2.75) is 17.4 Å². The van der Waals surface area contributed by atoms with Gasteiger partial charge in [0.1, 0.15) is 0 Å². The minimum absolute atomic E-state index is 0.0621. The third-order valence-electron chi connectivity index (χ3n) is 3.81. The van der Waals surface area contributed by atoms with Crippen LogP contribution < -0.4 is 4.90 Å². The van der Waals surface area contributed by atoms with Gasteiger partial charge in [0, 0.05) is 30.4 Å². The van der Waals surface area contributed by atoms with Crippen LogP contribution in [0.15, 0.2) is 64.2 Å². The van der Waals surface area contributed by atoms with Crippen LogP contribution in [0.5, 0.6) is 0 Å². The van der Waals surface area contributed by atoms with E-state index in [1.807, 2.05) is 30.3 Å². The predicted octanol–water partition coefficient (Wildman–Crippen LogP) is 3.79. The molecule has 0 radical (unpaired) electrons. The Morgan fingerprint density at radius 3 is 2.63 bits per heavy atom. The lowest BCUT2D eigenvalue weighted by molar-refractivity contribution is -0.384. The van der Waals surface area contributed by atoms with Crippen LogP contribution in [0.25, 0.3) is 11.5 Å². The minimum Gasteiger partial charge on any atom is -0.411 e. The second kappa shape index (κ2) is 8.00. The zero-order valence-corrected chi connectivity index (χ0v) is 15.4. The highest BCUT2D eigenvalue weighted by Crippen LogP contribution is 2.29. The number of rotatable bonds is 6. The van der Waals surface area contributed by atoms with Crippen LogP contribution in [0.3, 0.4) is 0 Å². The van der Waals surface area contributed by atoms with Crippen LogP contribution in [0.2, 0.25) is 0 Å². The van der Waals surface area contributed by atoms with Crippen LogP contribution >= 0.6 is 11.8 Å². The third kappa shape index (κ3) is 4.32. The summed E-state index contributed by atoms with van der Waals surface area (Å²) in [5.74, 6) is 0.0542. The lowest BCUT2D eigenvalue weighted by atomic mass is 10.2. The summed E-state index contributed by atoms with van der Waals surface area (Å²) >= 11 is 1.14. The SMILES string of the molecule is C[C@H](Sc1nnc(-c2cccc([N+](=O)[O-])c2)o1)C(=O)N(C)c1ccccc1. The fourth-order valence-electron chi connectivity index (χ4n) is 2.38. The normalized spacial score (nSPS) is 11.8. The number of non-ortho nitro benzene ring substituents is 1. The van der Waals surface area contributed by atoms with Crippen molar-refractivity contribution in [1.29, 1.82) is 0 Å². The fourth-order valence-corrected chi connectivity index (χ4v) is 3.16. The summed E-state index contributed by atoms with van der Waals surface area (Å²) in [5.41, 5.74) is 1.18. The number of nitrogens with zero attached hydrogens (tertiary/aromatic N) is 4. The molecule has 2 aromatic carbocycles. The van der Waals surface area contributed by atoms with E-state index in [-0.39, 0.29) is 22.7 Å². The van der Waals surface area contributed by atoms with E-state index in [2.05, 4.69) is 10.2 Å². The van der Waals surface area contributed by atoms with E-state index in [1.54, 1.807) is 31.0 Å². The molecule has 138 valence electrons. The van der Waals surface area contributed by atoms with E-state index in [1.165, 1.54) is 12.1 Å². The van der Waals surface area contributed by atoms with Crippen molar-refractivity contribution < 1.29 is 14.1 Å². The topological polar surface area (TPSA) is 102 Å². The van der Waals surface area contributed by atoms with E-state index in [4.69, 9.17) is 4.42 Å². The van der Waals surface area contributed by atoms with Crippen molar-refractivity contribution in [2.24, 2.45) is 0 Å². The highest BCUT2D eigenvalue weighted by atomic mass is 32.2. The van der Waals surface area contributed by atoms with Gasteiger partial charge in [-0.15, -0.1) is 10.2 Å². The molecule has 8 nitrogen and oxygen atoms in total. The molecule has 0 saturated carbocycles. The molecule has 1 heterocycles. The maximum atomic E-state index is 12.6. The number of para-hydroxylation sites is 1. The molecule has 0 fully saturated rings. The van der Waals surface area contributed by atoms with E-state index >= 15 is 0 Å². The standard InChI is InChI=1S/C18H16N4O4S/c1-12(17(23)21(2)14-8-4-3-5-9-14)27-18-20-19-16(26-18)13-7-6-10-15(11-13)22(24)25/h3-12H,1-2H3/t12-/m0/s1. The van der Waals surface area contributed by atoms with Gasteiger partial charge >= 0.3 is 0 Å². The van der Waals surface area contributed by atoms with Gasteiger partial charge < -0.3 is 9.32 Å². The first-order valence-electron chi connectivity index (χ1n) is 8.03. The quantitative estimate of drug-likeness (QED) is 0.362. The lowest BCUT2D eigenvalue weighted by Crippen LogP contribution is -2.33. The van der Waals surface area contributed by atoms with E-state index in [0.717, 1.165) is 17.4 Å². The van der Waals surface area contributed by atoms with Gasteiger partial charge in [-0.2, -0.15) is 0 Å². The lowest BCUT2D eigenvalue weighted by Gasteiger charge is -2.20. The van der Waals surface area contributed by atoms with Crippen LogP contribution in [-0.2, 0) is 4.79 Å². The van der Waals surface area contributed by atoms with Crippen molar-refractivity contribution in [3.05, 3.63) is 64.7 Å². The Bertz CT molecular complexity index is 961. The van der Waals surface area contributed by atoms with Crippen molar-refractivity contribution in [3.63, 3.8) is 0 Å². The Morgan fingerprint density at radius 1 is 1.19 bits per heavy atom. The maximum Gasteiger partial charge on any atom is 0.277 e. The second-order valence-electron chi connectivity index (χ2n) is 5.67. The number of carbonyl (C=O) groups excluding carboxylic acids is 1. The minimum atomic E-state index is -0.490. The zero-order chi connectivity index (χ0) is 19.4. The molecule has 0 aliphatic rings. The summed E-state index contributed by atoms with van der Waals surface area (Å²) in [6.07, 6.45) is 0. The van der Waals surface area contributed by atoms with Gasteiger partial charge in [-0.05, 0) is 25.1 Å². The van der Waals surface area contributed by atoms with Gasteiger partial charge in [-0.1, -0.05) is 36.0 Å². The number of aromatic nitrogens is 2. The molecule has 1 aromatic heterocycles. The Balaban J connectivity index is 1.71. The monoisotopic (exact) mass is 384 g/mol.